The molecule has 5 rings (SSSR count). The van der Waals surface area contributed by atoms with Crippen LogP contribution in [0.2, 0.25) is 0 Å². The van der Waals surface area contributed by atoms with Crippen molar-refractivity contribution in [3.05, 3.63) is 47.8 Å². The molecule has 2 aromatic carbocycles. The molecule has 0 radical (unpaired) electrons. The number of carbonyl (C=O) groups excluding carboxylic acids is 1. The van der Waals surface area contributed by atoms with E-state index in [-0.39, 0.29) is 11.8 Å². The molecule has 0 fully saturated rings. The number of hydrogen-bond donors (Lipinski definition) is 1. The number of rotatable bonds is 4. The Bertz CT molecular complexity index is 1090. The maximum Gasteiger partial charge on any atom is 0.231 e. The second kappa shape index (κ2) is 7.08. The van der Waals surface area contributed by atoms with Gasteiger partial charge >= 0.3 is 0 Å². The van der Waals surface area contributed by atoms with Crippen molar-refractivity contribution < 1.29 is 14.3 Å². The molecular formula is C22H24N4O3. The van der Waals surface area contributed by atoms with Crippen molar-refractivity contribution in [2.75, 3.05) is 18.7 Å². The predicted octanol–water partition coefficient (Wildman–Crippen LogP) is 3.38. The Morgan fingerprint density at radius 2 is 2.00 bits per heavy atom. The third kappa shape index (κ3) is 3.42. The Morgan fingerprint density at radius 1 is 1.14 bits per heavy atom. The van der Waals surface area contributed by atoms with E-state index in [0.717, 1.165) is 60.2 Å². The summed E-state index contributed by atoms with van der Waals surface area (Å²) < 4.78 is 13.2. The molecule has 7 heteroatoms. The van der Waals surface area contributed by atoms with Gasteiger partial charge in [0.15, 0.2) is 11.5 Å². The smallest absolute Gasteiger partial charge is 0.231 e. The van der Waals surface area contributed by atoms with E-state index in [0.29, 0.717) is 6.79 Å². The topological polar surface area (TPSA) is 68.6 Å². The molecule has 0 unspecified atom stereocenters. The molecule has 1 N–H and O–H groups in total. The lowest BCUT2D eigenvalue weighted by Gasteiger charge is -2.27. The number of benzene rings is 2. The van der Waals surface area contributed by atoms with Gasteiger partial charge in [0, 0.05) is 31.2 Å². The van der Waals surface area contributed by atoms with Crippen LogP contribution in [-0.2, 0) is 24.4 Å². The minimum atomic E-state index is -0.0503. The van der Waals surface area contributed by atoms with Crippen molar-refractivity contribution in [1.29, 1.82) is 0 Å². The third-order valence-electron chi connectivity index (χ3n) is 5.47. The van der Waals surface area contributed by atoms with E-state index >= 15 is 0 Å². The van der Waals surface area contributed by atoms with Gasteiger partial charge in [-0.25, -0.2) is 4.98 Å². The summed E-state index contributed by atoms with van der Waals surface area (Å²) in [6.07, 6.45) is 0. The molecule has 0 aliphatic carbocycles. The van der Waals surface area contributed by atoms with E-state index in [1.54, 1.807) is 0 Å². The number of fused-ring (bicyclic) bond motifs is 4. The quantitative estimate of drug-likeness (QED) is 0.737. The van der Waals surface area contributed by atoms with Gasteiger partial charge in [0.1, 0.15) is 5.82 Å². The molecule has 2 aliphatic heterocycles. The van der Waals surface area contributed by atoms with Gasteiger partial charge in [0.25, 0.3) is 0 Å². The molecule has 3 aromatic rings. The lowest BCUT2D eigenvalue weighted by Crippen LogP contribution is -2.33. The molecule has 0 atom stereocenters. The van der Waals surface area contributed by atoms with E-state index in [1.807, 2.05) is 32.0 Å². The number of carbonyl (C=O) groups is 1. The maximum atomic E-state index is 12.0. The molecule has 2 aliphatic rings. The number of nitrogens with zero attached hydrogens (tertiary/aromatic N) is 3. The zero-order valence-corrected chi connectivity index (χ0v) is 16.6. The first-order valence-electron chi connectivity index (χ1n) is 9.98. The van der Waals surface area contributed by atoms with Gasteiger partial charge in [0.05, 0.1) is 17.6 Å². The Kier molecular flexibility index (Phi) is 4.39. The van der Waals surface area contributed by atoms with Crippen molar-refractivity contribution in [1.82, 2.24) is 14.5 Å². The van der Waals surface area contributed by atoms with Gasteiger partial charge in [-0.2, -0.15) is 0 Å². The van der Waals surface area contributed by atoms with E-state index < -0.39 is 0 Å². The van der Waals surface area contributed by atoms with Crippen LogP contribution in [0.4, 0.5) is 5.69 Å². The Labute approximate surface area is 169 Å². The van der Waals surface area contributed by atoms with Gasteiger partial charge in [-0.3, -0.25) is 9.69 Å². The summed E-state index contributed by atoms with van der Waals surface area (Å²) in [6, 6.07) is 12.1. The highest BCUT2D eigenvalue weighted by atomic mass is 16.7. The van der Waals surface area contributed by atoms with Crippen LogP contribution in [0.5, 0.6) is 11.5 Å². The van der Waals surface area contributed by atoms with Crippen LogP contribution >= 0.6 is 0 Å². The van der Waals surface area contributed by atoms with Crippen LogP contribution in [0.25, 0.3) is 11.0 Å². The fourth-order valence-electron chi connectivity index (χ4n) is 3.87. The van der Waals surface area contributed by atoms with E-state index in [2.05, 4.69) is 33.0 Å². The normalized spacial score (nSPS) is 15.7. The van der Waals surface area contributed by atoms with Gasteiger partial charge in [-0.1, -0.05) is 19.9 Å². The number of amides is 1. The molecule has 7 nitrogen and oxygen atoms in total. The van der Waals surface area contributed by atoms with E-state index in [9.17, 15) is 4.79 Å². The fourth-order valence-corrected chi connectivity index (χ4v) is 3.87. The third-order valence-corrected chi connectivity index (χ3v) is 5.47. The summed E-state index contributed by atoms with van der Waals surface area (Å²) in [4.78, 5) is 19.2. The number of anilines is 1. The van der Waals surface area contributed by atoms with Crippen LogP contribution in [0.1, 0.15) is 25.2 Å². The highest BCUT2D eigenvalue weighted by Crippen LogP contribution is 2.33. The number of ether oxygens (including phenoxy) is 2. The van der Waals surface area contributed by atoms with Gasteiger partial charge in [-0.05, 0) is 35.9 Å². The standard InChI is InChI=1S/C22H24N4O3/c1-14(2)22(27)23-16-4-5-18-17(10-16)24-21-12-25(7-8-26(18)21)11-15-3-6-19-20(9-15)29-13-28-19/h3-6,9-10,14H,7-8,11-13H2,1-2H3,(H,23,27). The van der Waals surface area contributed by atoms with Gasteiger partial charge < -0.3 is 19.4 Å². The van der Waals surface area contributed by atoms with Crippen molar-refractivity contribution >= 4 is 22.6 Å². The molecule has 1 aromatic heterocycles. The molecule has 1 amide bonds. The maximum absolute atomic E-state index is 12.0. The van der Waals surface area contributed by atoms with Crippen LogP contribution in [-0.4, -0.2) is 33.7 Å². The highest BCUT2D eigenvalue weighted by Gasteiger charge is 2.21. The molecule has 0 bridgehead atoms. The second-order valence-electron chi connectivity index (χ2n) is 7.93. The van der Waals surface area contributed by atoms with Crippen molar-refractivity contribution in [3.8, 4) is 11.5 Å². The monoisotopic (exact) mass is 392 g/mol. The fraction of sp³-hybridized carbons (Fsp3) is 0.364. The first-order valence-corrected chi connectivity index (χ1v) is 9.98. The largest absolute Gasteiger partial charge is 0.454 e. The average molecular weight is 392 g/mol. The summed E-state index contributed by atoms with van der Waals surface area (Å²) in [7, 11) is 0. The lowest BCUT2D eigenvalue weighted by molar-refractivity contribution is -0.118. The zero-order chi connectivity index (χ0) is 20.0. The second-order valence-corrected chi connectivity index (χ2v) is 7.93. The zero-order valence-electron chi connectivity index (χ0n) is 16.6. The molecular weight excluding hydrogens is 368 g/mol. The van der Waals surface area contributed by atoms with Gasteiger partial charge in [-0.15, -0.1) is 0 Å². The number of imidazole rings is 1. The van der Waals surface area contributed by atoms with Crippen LogP contribution in [0.3, 0.4) is 0 Å². The van der Waals surface area contributed by atoms with E-state index in [4.69, 9.17) is 14.5 Å². The lowest BCUT2D eigenvalue weighted by atomic mass is 10.2. The Hall–Kier alpha value is -3.06. The number of aromatic nitrogens is 2. The molecule has 0 spiro atoms. The predicted molar refractivity (Wildman–Crippen MR) is 110 cm³/mol. The molecule has 150 valence electrons. The SMILES string of the molecule is CC(C)C(=O)Nc1ccc2c(c1)nc1n2CCN(Cc2ccc3c(c2)OCO3)C1. The minimum absolute atomic E-state index is 0.0169. The molecule has 3 heterocycles. The first-order chi connectivity index (χ1) is 14.1. The minimum Gasteiger partial charge on any atom is -0.454 e. The summed E-state index contributed by atoms with van der Waals surface area (Å²) in [5.41, 5.74) is 4.04. The Balaban J connectivity index is 1.34. The summed E-state index contributed by atoms with van der Waals surface area (Å²) in [5.74, 6) is 2.66. The highest BCUT2D eigenvalue weighted by molar-refractivity contribution is 5.94. The van der Waals surface area contributed by atoms with Crippen LogP contribution in [0, 0.1) is 5.92 Å². The van der Waals surface area contributed by atoms with Gasteiger partial charge in [0.2, 0.25) is 12.7 Å². The first kappa shape index (κ1) is 18.0. The van der Waals surface area contributed by atoms with Crippen molar-refractivity contribution in [2.24, 2.45) is 5.92 Å². The van der Waals surface area contributed by atoms with Crippen LogP contribution in [0.15, 0.2) is 36.4 Å². The molecule has 0 saturated heterocycles. The molecule has 0 saturated carbocycles. The average Bonchev–Trinajstić information content (AvgIpc) is 3.30. The summed E-state index contributed by atoms with van der Waals surface area (Å²) in [6.45, 7) is 7.56. The van der Waals surface area contributed by atoms with Crippen LogP contribution < -0.4 is 14.8 Å². The summed E-state index contributed by atoms with van der Waals surface area (Å²) in [5, 5.41) is 2.96. The number of nitrogens with one attached hydrogen (secondary N) is 1. The number of hydrogen-bond acceptors (Lipinski definition) is 5. The van der Waals surface area contributed by atoms with Crippen molar-refractivity contribution in [2.45, 2.75) is 33.5 Å². The Morgan fingerprint density at radius 3 is 2.86 bits per heavy atom. The summed E-state index contributed by atoms with van der Waals surface area (Å²) >= 11 is 0. The van der Waals surface area contributed by atoms with Crippen molar-refractivity contribution in [3.63, 3.8) is 0 Å². The van der Waals surface area contributed by atoms with E-state index in [1.165, 1.54) is 5.56 Å². The molecule has 29 heavy (non-hydrogen) atoms.